The van der Waals surface area contributed by atoms with Gasteiger partial charge in [-0.3, -0.25) is 4.79 Å². The SMILES string of the molecule is CC(=O)N[C@]12CC3(SCCCS3)[C@@H]3O[C@H](O[C@H]3[C@H]1OCc1ccccc1)[C@H]2OCc1ccccc1. The highest BCUT2D eigenvalue weighted by molar-refractivity contribution is 8.18. The second-order valence-corrected chi connectivity index (χ2v) is 12.8. The molecule has 3 bridgehead atoms. The van der Waals surface area contributed by atoms with Gasteiger partial charge in [-0.2, -0.15) is 0 Å². The molecule has 2 aromatic rings. The molecule has 3 saturated heterocycles. The summed E-state index contributed by atoms with van der Waals surface area (Å²) in [7, 11) is 0. The van der Waals surface area contributed by atoms with Gasteiger partial charge in [0.25, 0.3) is 0 Å². The summed E-state index contributed by atoms with van der Waals surface area (Å²) in [6, 6.07) is 20.2. The van der Waals surface area contributed by atoms with Crippen molar-refractivity contribution in [2.75, 3.05) is 11.5 Å². The number of ether oxygens (including phenoxy) is 4. The first-order chi connectivity index (χ1) is 17.1. The van der Waals surface area contributed by atoms with E-state index in [9.17, 15) is 4.79 Å². The van der Waals surface area contributed by atoms with E-state index in [1.807, 2.05) is 72.1 Å². The molecule has 6 nitrogen and oxygen atoms in total. The summed E-state index contributed by atoms with van der Waals surface area (Å²) in [6.45, 7) is 2.42. The van der Waals surface area contributed by atoms with Crippen molar-refractivity contribution in [1.29, 1.82) is 0 Å². The predicted octanol–water partition coefficient (Wildman–Crippen LogP) is 4.13. The Morgan fingerprint density at radius 1 is 0.943 bits per heavy atom. The van der Waals surface area contributed by atoms with Gasteiger partial charge in [-0.25, -0.2) is 0 Å². The molecule has 0 aromatic heterocycles. The number of thioether (sulfide) groups is 2. The van der Waals surface area contributed by atoms with Crippen LogP contribution in [-0.2, 0) is 37.0 Å². The quantitative estimate of drug-likeness (QED) is 0.597. The topological polar surface area (TPSA) is 66.0 Å². The van der Waals surface area contributed by atoms with Crippen LogP contribution in [0.2, 0.25) is 0 Å². The van der Waals surface area contributed by atoms with Crippen LogP contribution in [0.25, 0.3) is 0 Å². The lowest BCUT2D eigenvalue weighted by molar-refractivity contribution is -0.253. The third kappa shape index (κ3) is 4.32. The Bertz CT molecular complexity index is 987. The molecule has 1 aliphatic carbocycles. The van der Waals surface area contributed by atoms with Gasteiger partial charge in [0.15, 0.2) is 6.29 Å². The van der Waals surface area contributed by atoms with Gasteiger partial charge in [-0.15, -0.1) is 23.5 Å². The Hall–Kier alpha value is -1.55. The molecule has 3 aliphatic heterocycles. The lowest BCUT2D eigenvalue weighted by atomic mass is 9.71. The first kappa shape index (κ1) is 23.8. The van der Waals surface area contributed by atoms with Gasteiger partial charge < -0.3 is 24.3 Å². The summed E-state index contributed by atoms with van der Waals surface area (Å²) in [4.78, 5) is 12.7. The minimum atomic E-state index is -0.757. The van der Waals surface area contributed by atoms with Crippen LogP contribution < -0.4 is 5.32 Å². The predicted molar refractivity (Wildman–Crippen MR) is 137 cm³/mol. The van der Waals surface area contributed by atoms with E-state index in [0.29, 0.717) is 13.2 Å². The van der Waals surface area contributed by atoms with Gasteiger partial charge in [0.1, 0.15) is 30.0 Å². The van der Waals surface area contributed by atoms with E-state index in [1.165, 1.54) is 6.42 Å². The van der Waals surface area contributed by atoms with Gasteiger partial charge in [-0.05, 0) is 29.1 Å². The van der Waals surface area contributed by atoms with Crippen LogP contribution >= 0.6 is 23.5 Å². The van der Waals surface area contributed by atoms with E-state index in [1.54, 1.807) is 6.92 Å². The van der Waals surface area contributed by atoms with E-state index in [4.69, 9.17) is 18.9 Å². The highest BCUT2D eigenvalue weighted by Crippen LogP contribution is 2.62. The molecule has 6 atom stereocenters. The van der Waals surface area contributed by atoms with Crippen molar-refractivity contribution in [3.63, 3.8) is 0 Å². The molecule has 1 saturated carbocycles. The maximum Gasteiger partial charge on any atom is 0.217 e. The van der Waals surface area contributed by atoms with Crippen molar-refractivity contribution >= 4 is 29.4 Å². The molecule has 35 heavy (non-hydrogen) atoms. The number of rotatable bonds is 7. The zero-order chi connectivity index (χ0) is 23.9. The smallest absolute Gasteiger partial charge is 0.217 e. The van der Waals surface area contributed by atoms with Crippen molar-refractivity contribution in [2.24, 2.45) is 0 Å². The summed E-state index contributed by atoms with van der Waals surface area (Å²) >= 11 is 3.90. The van der Waals surface area contributed by atoms with Gasteiger partial charge in [0.05, 0.1) is 17.3 Å². The molecule has 0 unspecified atom stereocenters. The van der Waals surface area contributed by atoms with E-state index in [2.05, 4.69) is 17.4 Å². The Morgan fingerprint density at radius 2 is 1.54 bits per heavy atom. The number of amides is 1. The lowest BCUT2D eigenvalue weighted by Gasteiger charge is -2.58. The minimum Gasteiger partial charge on any atom is -0.368 e. The number of carbonyl (C=O) groups is 1. The van der Waals surface area contributed by atoms with Gasteiger partial charge in [0.2, 0.25) is 5.91 Å². The molecule has 3 heterocycles. The molecule has 1 spiro atoms. The van der Waals surface area contributed by atoms with E-state index < -0.39 is 17.9 Å². The Morgan fingerprint density at radius 3 is 2.14 bits per heavy atom. The Balaban J connectivity index is 1.37. The summed E-state index contributed by atoms with van der Waals surface area (Å²) < 4.78 is 26.2. The standard InChI is InChI=1S/C27H31NO5S2/c1-18(29)28-26-17-27(34-13-8-14-35-27)23-21(22(26)30-15-19-9-4-2-5-10-19)32-25(33-23)24(26)31-16-20-11-6-3-7-12-20/h2-7,9-12,21-25H,8,13-17H2,1H3,(H,28,29)/t21-,22+,23+,24+,25-,26+/m0/s1. The number of hydrogen-bond acceptors (Lipinski definition) is 7. The largest absolute Gasteiger partial charge is 0.368 e. The van der Waals surface area contributed by atoms with Crippen molar-refractivity contribution < 1.29 is 23.7 Å². The van der Waals surface area contributed by atoms with Crippen molar-refractivity contribution in [1.82, 2.24) is 5.32 Å². The average molecular weight is 514 g/mol. The lowest BCUT2D eigenvalue weighted by Crippen LogP contribution is -2.77. The highest BCUT2D eigenvalue weighted by atomic mass is 32.2. The van der Waals surface area contributed by atoms with Crippen molar-refractivity contribution in [3.8, 4) is 0 Å². The normalized spacial score (nSPS) is 34.7. The van der Waals surface area contributed by atoms with Crippen molar-refractivity contribution in [3.05, 3.63) is 71.8 Å². The third-order valence-corrected chi connectivity index (χ3v) is 10.8. The first-order valence-electron chi connectivity index (χ1n) is 12.3. The molecule has 8 heteroatoms. The summed E-state index contributed by atoms with van der Waals surface area (Å²) in [5.41, 5.74) is 1.39. The zero-order valence-electron chi connectivity index (χ0n) is 19.8. The van der Waals surface area contributed by atoms with Crippen LogP contribution in [0.5, 0.6) is 0 Å². The monoisotopic (exact) mass is 513 g/mol. The molecule has 0 radical (unpaired) electrons. The fourth-order valence-corrected chi connectivity index (χ4v) is 9.65. The van der Waals surface area contributed by atoms with Gasteiger partial charge in [0, 0.05) is 13.3 Å². The molecule has 4 fully saturated rings. The number of hydrogen-bond donors (Lipinski definition) is 1. The van der Waals surface area contributed by atoms with E-state index in [-0.39, 0.29) is 28.3 Å². The number of carbonyl (C=O) groups excluding carboxylic acids is 1. The Kier molecular flexibility index (Phi) is 6.62. The summed E-state index contributed by atoms with van der Waals surface area (Å²) in [6.07, 6.45) is 0.0956. The van der Waals surface area contributed by atoms with Crippen LogP contribution in [0.15, 0.2) is 60.7 Å². The van der Waals surface area contributed by atoms with Crippen LogP contribution in [0.3, 0.4) is 0 Å². The molecule has 4 aliphatic rings. The average Bonchev–Trinajstić information content (AvgIpc) is 3.24. The molecule has 1 amide bonds. The zero-order valence-corrected chi connectivity index (χ0v) is 21.4. The fourth-order valence-electron chi connectivity index (χ4n) is 5.98. The third-order valence-electron chi connectivity index (χ3n) is 7.34. The maximum atomic E-state index is 12.7. The van der Waals surface area contributed by atoms with Crippen LogP contribution in [-0.4, -0.2) is 57.7 Å². The summed E-state index contributed by atoms with van der Waals surface area (Å²) in [5.74, 6) is 2.06. The molecule has 186 valence electrons. The van der Waals surface area contributed by atoms with Crippen molar-refractivity contribution in [2.45, 2.75) is 73.3 Å². The minimum absolute atomic E-state index is 0.0904. The van der Waals surface area contributed by atoms with Gasteiger partial charge >= 0.3 is 0 Å². The fraction of sp³-hybridized carbons (Fsp3) is 0.519. The number of benzene rings is 2. The Labute approximate surface area is 214 Å². The van der Waals surface area contributed by atoms with E-state index >= 15 is 0 Å². The number of nitrogens with one attached hydrogen (secondary N) is 1. The second kappa shape index (κ2) is 9.72. The summed E-state index contributed by atoms with van der Waals surface area (Å²) in [5, 5.41) is 3.35. The molecular weight excluding hydrogens is 482 g/mol. The molecular formula is C27H31NO5S2. The second-order valence-electron chi connectivity index (χ2n) is 9.72. The molecule has 2 aromatic carbocycles. The van der Waals surface area contributed by atoms with Crippen LogP contribution in [0, 0.1) is 0 Å². The highest BCUT2D eigenvalue weighted by Gasteiger charge is 2.74. The maximum absolute atomic E-state index is 12.7. The molecule has 1 N–H and O–H groups in total. The van der Waals surface area contributed by atoms with Gasteiger partial charge in [-0.1, -0.05) is 60.7 Å². The van der Waals surface area contributed by atoms with Crippen LogP contribution in [0.4, 0.5) is 0 Å². The van der Waals surface area contributed by atoms with Crippen LogP contribution in [0.1, 0.15) is 30.9 Å². The first-order valence-corrected chi connectivity index (χ1v) is 14.3. The van der Waals surface area contributed by atoms with E-state index in [0.717, 1.165) is 29.1 Å². The number of fused-ring (bicyclic) bond motifs is 3. The molecule has 6 rings (SSSR count).